The van der Waals surface area contributed by atoms with E-state index >= 15 is 0 Å². The van der Waals surface area contributed by atoms with Crippen molar-refractivity contribution in [2.75, 3.05) is 18.0 Å². The first-order valence-corrected chi connectivity index (χ1v) is 8.77. The van der Waals surface area contributed by atoms with Gasteiger partial charge in [-0.3, -0.25) is 0 Å². The molecule has 23 heavy (non-hydrogen) atoms. The lowest BCUT2D eigenvalue weighted by Gasteiger charge is -2.31. The van der Waals surface area contributed by atoms with Crippen molar-refractivity contribution in [2.24, 2.45) is 0 Å². The third-order valence-corrected chi connectivity index (χ3v) is 5.22. The maximum Gasteiger partial charge on any atom is 0.219 e. The molecule has 2 aromatic rings. The lowest BCUT2D eigenvalue weighted by atomic mass is 9.97. The van der Waals surface area contributed by atoms with Crippen LogP contribution in [0.5, 0.6) is 0 Å². The Morgan fingerprint density at radius 1 is 0.826 bits per heavy atom. The Balaban J connectivity index is 1.25. The molecule has 3 fully saturated rings. The Morgan fingerprint density at radius 3 is 2.13 bits per heavy atom. The average molecular weight is 311 g/mol. The summed E-state index contributed by atoms with van der Waals surface area (Å²) >= 11 is 0. The van der Waals surface area contributed by atoms with Gasteiger partial charge in [-0.2, -0.15) is 0 Å². The van der Waals surface area contributed by atoms with Crippen LogP contribution in [-0.4, -0.2) is 33.3 Å². The summed E-state index contributed by atoms with van der Waals surface area (Å²) in [6.07, 6.45) is 8.78. The molecule has 0 amide bonds. The van der Waals surface area contributed by atoms with Gasteiger partial charge in [0, 0.05) is 42.6 Å². The zero-order valence-electron chi connectivity index (χ0n) is 13.2. The molecule has 2 saturated carbocycles. The number of aromatic nitrogens is 4. The Bertz CT molecular complexity index is 699. The van der Waals surface area contributed by atoms with Crippen LogP contribution in [0.3, 0.4) is 0 Å². The molecule has 0 aromatic carbocycles. The standard InChI is InChI=1S/C17H21N5O/c1-2-11(1)14-9-15(19-10-18-14)22-7-5-13(6-8-22)17-21-20-16(23-17)12-3-4-12/h9-13H,1-8H2. The maximum absolute atomic E-state index is 5.88. The van der Waals surface area contributed by atoms with Crippen LogP contribution in [0.25, 0.3) is 0 Å². The van der Waals surface area contributed by atoms with Gasteiger partial charge in [0.15, 0.2) is 0 Å². The predicted molar refractivity (Wildman–Crippen MR) is 84.5 cm³/mol. The first-order valence-electron chi connectivity index (χ1n) is 8.77. The first kappa shape index (κ1) is 13.5. The second kappa shape index (κ2) is 5.28. The van der Waals surface area contributed by atoms with E-state index in [9.17, 15) is 0 Å². The van der Waals surface area contributed by atoms with Crippen LogP contribution in [0, 0.1) is 0 Å². The molecular weight excluding hydrogens is 290 g/mol. The summed E-state index contributed by atoms with van der Waals surface area (Å²) in [6, 6.07) is 2.18. The minimum Gasteiger partial charge on any atom is -0.425 e. The highest BCUT2D eigenvalue weighted by molar-refractivity contribution is 5.41. The van der Waals surface area contributed by atoms with E-state index in [0.29, 0.717) is 17.8 Å². The first-order chi connectivity index (χ1) is 11.4. The molecule has 2 aliphatic carbocycles. The number of nitrogens with zero attached hydrogens (tertiary/aromatic N) is 5. The van der Waals surface area contributed by atoms with E-state index < -0.39 is 0 Å². The summed E-state index contributed by atoms with van der Waals surface area (Å²) in [5.41, 5.74) is 1.21. The highest BCUT2D eigenvalue weighted by Gasteiger charge is 2.32. The zero-order valence-corrected chi connectivity index (χ0v) is 13.2. The van der Waals surface area contributed by atoms with Gasteiger partial charge in [0.25, 0.3) is 0 Å². The molecule has 1 aliphatic heterocycles. The number of hydrogen-bond acceptors (Lipinski definition) is 6. The normalized spacial score (nSPS) is 22.5. The van der Waals surface area contributed by atoms with Gasteiger partial charge in [0.2, 0.25) is 11.8 Å². The van der Waals surface area contributed by atoms with E-state index in [0.717, 1.165) is 43.5 Å². The third-order valence-electron chi connectivity index (χ3n) is 5.22. The van der Waals surface area contributed by atoms with Crippen molar-refractivity contribution >= 4 is 5.82 Å². The average Bonchev–Trinajstić information content (AvgIpc) is 3.54. The predicted octanol–water partition coefficient (Wildman–Crippen LogP) is 3.00. The van der Waals surface area contributed by atoms with Gasteiger partial charge in [0.1, 0.15) is 12.1 Å². The van der Waals surface area contributed by atoms with Crippen LogP contribution in [-0.2, 0) is 0 Å². The topological polar surface area (TPSA) is 67.9 Å². The van der Waals surface area contributed by atoms with Gasteiger partial charge in [-0.1, -0.05) is 0 Å². The fraction of sp³-hybridized carbons (Fsp3) is 0.647. The lowest BCUT2D eigenvalue weighted by Crippen LogP contribution is -2.33. The van der Waals surface area contributed by atoms with Crippen molar-refractivity contribution in [1.29, 1.82) is 0 Å². The fourth-order valence-corrected chi connectivity index (χ4v) is 3.40. The molecule has 0 radical (unpaired) electrons. The van der Waals surface area contributed by atoms with Crippen LogP contribution < -0.4 is 4.90 Å². The third kappa shape index (κ3) is 2.71. The minimum atomic E-state index is 0.399. The van der Waals surface area contributed by atoms with E-state index in [1.54, 1.807) is 6.33 Å². The molecule has 0 bridgehead atoms. The molecule has 3 aliphatic rings. The molecule has 0 N–H and O–H groups in total. The van der Waals surface area contributed by atoms with Gasteiger partial charge in [-0.25, -0.2) is 9.97 Å². The van der Waals surface area contributed by atoms with Crippen LogP contribution in [0.4, 0.5) is 5.82 Å². The molecule has 0 atom stereocenters. The second-order valence-corrected chi connectivity index (χ2v) is 7.09. The summed E-state index contributed by atoms with van der Waals surface area (Å²) in [5.74, 6) is 4.38. The smallest absolute Gasteiger partial charge is 0.219 e. The molecule has 5 rings (SSSR count). The molecule has 120 valence electrons. The van der Waals surface area contributed by atoms with Crippen molar-refractivity contribution in [1.82, 2.24) is 20.2 Å². The molecule has 0 spiro atoms. The number of anilines is 1. The van der Waals surface area contributed by atoms with E-state index in [1.165, 1.54) is 31.4 Å². The molecule has 6 heteroatoms. The largest absolute Gasteiger partial charge is 0.425 e. The molecule has 6 nitrogen and oxygen atoms in total. The Hall–Kier alpha value is -1.98. The van der Waals surface area contributed by atoms with Crippen molar-refractivity contribution in [3.05, 3.63) is 29.9 Å². The van der Waals surface area contributed by atoms with Crippen LogP contribution in [0.2, 0.25) is 0 Å². The van der Waals surface area contributed by atoms with E-state index in [-0.39, 0.29) is 0 Å². The van der Waals surface area contributed by atoms with E-state index in [2.05, 4.69) is 31.1 Å². The number of piperidine rings is 1. The van der Waals surface area contributed by atoms with Crippen LogP contribution in [0.15, 0.2) is 16.8 Å². The van der Waals surface area contributed by atoms with E-state index in [1.807, 2.05) is 0 Å². The summed E-state index contributed by atoms with van der Waals surface area (Å²) in [6.45, 7) is 1.99. The summed E-state index contributed by atoms with van der Waals surface area (Å²) in [7, 11) is 0. The highest BCUT2D eigenvalue weighted by Crippen LogP contribution is 2.41. The Morgan fingerprint density at radius 2 is 1.48 bits per heavy atom. The molecular formula is C17H21N5O. The van der Waals surface area contributed by atoms with Crippen molar-refractivity contribution in [2.45, 2.75) is 56.3 Å². The minimum absolute atomic E-state index is 0.399. The monoisotopic (exact) mass is 311 g/mol. The maximum atomic E-state index is 5.88. The highest BCUT2D eigenvalue weighted by atomic mass is 16.4. The Labute approximate surface area is 135 Å². The van der Waals surface area contributed by atoms with Gasteiger partial charge in [0.05, 0.1) is 0 Å². The second-order valence-electron chi connectivity index (χ2n) is 7.09. The SMILES string of the molecule is c1nc(C2CC2)cc(N2CCC(c3nnc(C4CC4)o3)CC2)n1. The van der Waals surface area contributed by atoms with Crippen LogP contribution in [0.1, 0.15) is 73.8 Å². The van der Waals surface area contributed by atoms with Crippen molar-refractivity contribution in [3.63, 3.8) is 0 Å². The quantitative estimate of drug-likeness (QED) is 0.864. The number of hydrogen-bond donors (Lipinski definition) is 0. The Kier molecular flexibility index (Phi) is 3.09. The van der Waals surface area contributed by atoms with Gasteiger partial charge in [-0.15, -0.1) is 10.2 Å². The molecule has 3 heterocycles. The summed E-state index contributed by atoms with van der Waals surface area (Å²) < 4.78 is 5.88. The van der Waals surface area contributed by atoms with Crippen molar-refractivity contribution < 1.29 is 4.42 Å². The van der Waals surface area contributed by atoms with Crippen molar-refractivity contribution in [3.8, 4) is 0 Å². The van der Waals surface area contributed by atoms with E-state index in [4.69, 9.17) is 4.42 Å². The summed E-state index contributed by atoms with van der Waals surface area (Å²) in [5, 5.41) is 8.50. The molecule has 0 unspecified atom stereocenters. The molecule has 1 saturated heterocycles. The lowest BCUT2D eigenvalue weighted by molar-refractivity contribution is 0.375. The van der Waals surface area contributed by atoms with Gasteiger partial charge in [-0.05, 0) is 38.5 Å². The van der Waals surface area contributed by atoms with Gasteiger partial charge < -0.3 is 9.32 Å². The fourth-order valence-electron chi connectivity index (χ4n) is 3.40. The zero-order chi connectivity index (χ0) is 15.2. The van der Waals surface area contributed by atoms with Crippen LogP contribution >= 0.6 is 0 Å². The van der Waals surface area contributed by atoms with Gasteiger partial charge >= 0.3 is 0 Å². The number of rotatable bonds is 4. The molecule has 2 aromatic heterocycles. The summed E-state index contributed by atoms with van der Waals surface area (Å²) in [4.78, 5) is 11.2.